The Balaban J connectivity index is 2.16. The quantitative estimate of drug-likeness (QED) is 0.571. The standard InChI is InChI=1S/C12H24/c1-3-7-11(4-2)10-12-8-5-6-9-12/h11-12H,3-10H2,1-2H3. The highest BCUT2D eigenvalue weighted by Gasteiger charge is 2.18. The summed E-state index contributed by atoms with van der Waals surface area (Å²) in [6, 6.07) is 0. The fraction of sp³-hybridized carbons (Fsp3) is 1.00. The fourth-order valence-corrected chi connectivity index (χ4v) is 2.61. The van der Waals surface area contributed by atoms with Gasteiger partial charge in [-0.1, -0.05) is 58.8 Å². The van der Waals surface area contributed by atoms with Crippen LogP contribution in [0.1, 0.15) is 65.2 Å². The lowest BCUT2D eigenvalue weighted by Gasteiger charge is -2.17. The van der Waals surface area contributed by atoms with E-state index >= 15 is 0 Å². The van der Waals surface area contributed by atoms with Crippen LogP contribution in [0.15, 0.2) is 0 Å². The van der Waals surface area contributed by atoms with Crippen LogP contribution in [0.25, 0.3) is 0 Å². The molecule has 72 valence electrons. The Morgan fingerprint density at radius 1 is 1.17 bits per heavy atom. The Bertz CT molecular complexity index is 101. The summed E-state index contributed by atoms with van der Waals surface area (Å²) < 4.78 is 0. The van der Waals surface area contributed by atoms with E-state index in [1.54, 1.807) is 0 Å². The van der Waals surface area contributed by atoms with Gasteiger partial charge in [-0.05, 0) is 18.3 Å². The van der Waals surface area contributed by atoms with Gasteiger partial charge in [-0.15, -0.1) is 0 Å². The highest BCUT2D eigenvalue weighted by atomic mass is 14.2. The van der Waals surface area contributed by atoms with Gasteiger partial charge >= 0.3 is 0 Å². The van der Waals surface area contributed by atoms with E-state index in [1.807, 2.05) is 0 Å². The zero-order valence-electron chi connectivity index (χ0n) is 8.81. The lowest BCUT2D eigenvalue weighted by Crippen LogP contribution is -2.05. The maximum absolute atomic E-state index is 2.36. The highest BCUT2D eigenvalue weighted by Crippen LogP contribution is 2.32. The number of rotatable bonds is 5. The van der Waals surface area contributed by atoms with E-state index in [1.165, 1.54) is 51.4 Å². The van der Waals surface area contributed by atoms with Gasteiger partial charge in [0.2, 0.25) is 0 Å². The van der Waals surface area contributed by atoms with Crippen molar-refractivity contribution in [1.82, 2.24) is 0 Å². The molecule has 0 N–H and O–H groups in total. The van der Waals surface area contributed by atoms with Crippen molar-refractivity contribution in [3.05, 3.63) is 0 Å². The SMILES string of the molecule is CCCC(CC)CC1CCCC1. The molecule has 0 nitrogen and oxygen atoms in total. The molecule has 0 aromatic rings. The molecule has 1 fully saturated rings. The van der Waals surface area contributed by atoms with E-state index in [0.29, 0.717) is 0 Å². The summed E-state index contributed by atoms with van der Waals surface area (Å²) >= 11 is 0. The molecule has 1 rings (SSSR count). The van der Waals surface area contributed by atoms with Crippen molar-refractivity contribution < 1.29 is 0 Å². The third-order valence-corrected chi connectivity index (χ3v) is 3.42. The summed E-state index contributed by atoms with van der Waals surface area (Å²) in [7, 11) is 0. The number of hydrogen-bond acceptors (Lipinski definition) is 0. The van der Waals surface area contributed by atoms with Crippen molar-refractivity contribution in [2.24, 2.45) is 11.8 Å². The molecule has 1 aliphatic carbocycles. The van der Waals surface area contributed by atoms with Gasteiger partial charge in [-0.2, -0.15) is 0 Å². The van der Waals surface area contributed by atoms with Gasteiger partial charge in [0.15, 0.2) is 0 Å². The van der Waals surface area contributed by atoms with Crippen LogP contribution in [0.2, 0.25) is 0 Å². The first-order chi connectivity index (χ1) is 5.86. The van der Waals surface area contributed by atoms with E-state index in [-0.39, 0.29) is 0 Å². The Morgan fingerprint density at radius 2 is 1.83 bits per heavy atom. The van der Waals surface area contributed by atoms with Gasteiger partial charge in [0.05, 0.1) is 0 Å². The Morgan fingerprint density at radius 3 is 2.33 bits per heavy atom. The van der Waals surface area contributed by atoms with Crippen LogP contribution in [-0.2, 0) is 0 Å². The minimum absolute atomic E-state index is 1.04. The van der Waals surface area contributed by atoms with E-state index in [2.05, 4.69) is 13.8 Å². The average Bonchev–Trinajstić information content (AvgIpc) is 2.56. The van der Waals surface area contributed by atoms with Crippen LogP contribution >= 0.6 is 0 Å². The van der Waals surface area contributed by atoms with Crippen LogP contribution in [0.3, 0.4) is 0 Å². The summed E-state index contributed by atoms with van der Waals surface area (Å²) in [5.41, 5.74) is 0. The first-order valence-corrected chi connectivity index (χ1v) is 5.86. The Hall–Kier alpha value is 0. The zero-order chi connectivity index (χ0) is 8.81. The first kappa shape index (κ1) is 10.1. The minimum atomic E-state index is 1.04. The molecule has 0 aliphatic heterocycles. The maximum atomic E-state index is 2.36. The summed E-state index contributed by atoms with van der Waals surface area (Å²) in [6.45, 7) is 4.67. The highest BCUT2D eigenvalue weighted by molar-refractivity contribution is 4.70. The first-order valence-electron chi connectivity index (χ1n) is 5.86. The third kappa shape index (κ3) is 3.16. The smallest absolute Gasteiger partial charge is 0.0412 e. The predicted octanol–water partition coefficient (Wildman–Crippen LogP) is 4.39. The van der Waals surface area contributed by atoms with Gasteiger partial charge in [0.25, 0.3) is 0 Å². The van der Waals surface area contributed by atoms with Crippen LogP contribution in [0.5, 0.6) is 0 Å². The van der Waals surface area contributed by atoms with Crippen LogP contribution in [0, 0.1) is 11.8 Å². The van der Waals surface area contributed by atoms with Crippen LogP contribution in [-0.4, -0.2) is 0 Å². The van der Waals surface area contributed by atoms with Crippen molar-refractivity contribution in [1.29, 1.82) is 0 Å². The monoisotopic (exact) mass is 168 g/mol. The largest absolute Gasteiger partial charge is 0.0654 e. The summed E-state index contributed by atoms with van der Waals surface area (Å²) in [4.78, 5) is 0. The summed E-state index contributed by atoms with van der Waals surface area (Å²) in [5, 5.41) is 0. The average molecular weight is 168 g/mol. The molecule has 0 aromatic heterocycles. The fourth-order valence-electron chi connectivity index (χ4n) is 2.61. The second-order valence-corrected chi connectivity index (χ2v) is 4.45. The lowest BCUT2D eigenvalue weighted by molar-refractivity contribution is 0.346. The molecule has 1 atom stereocenters. The number of hydrogen-bond donors (Lipinski definition) is 0. The molecule has 0 heterocycles. The van der Waals surface area contributed by atoms with Crippen molar-refractivity contribution in [2.75, 3.05) is 0 Å². The molecule has 0 spiro atoms. The Labute approximate surface area is 77.7 Å². The normalized spacial score (nSPS) is 21.5. The van der Waals surface area contributed by atoms with E-state index in [9.17, 15) is 0 Å². The lowest BCUT2D eigenvalue weighted by atomic mass is 9.88. The second-order valence-electron chi connectivity index (χ2n) is 4.45. The molecule has 0 heteroatoms. The molecule has 0 bridgehead atoms. The molecule has 1 aliphatic rings. The summed E-state index contributed by atoms with van der Waals surface area (Å²) in [6.07, 6.45) is 11.9. The van der Waals surface area contributed by atoms with E-state index in [0.717, 1.165) is 11.8 Å². The van der Waals surface area contributed by atoms with Gasteiger partial charge < -0.3 is 0 Å². The molecular formula is C12H24. The third-order valence-electron chi connectivity index (χ3n) is 3.42. The molecule has 0 amide bonds. The van der Waals surface area contributed by atoms with Crippen molar-refractivity contribution in [2.45, 2.75) is 65.2 Å². The minimum Gasteiger partial charge on any atom is -0.0654 e. The van der Waals surface area contributed by atoms with Crippen molar-refractivity contribution >= 4 is 0 Å². The van der Waals surface area contributed by atoms with E-state index in [4.69, 9.17) is 0 Å². The predicted molar refractivity (Wildman–Crippen MR) is 55.3 cm³/mol. The van der Waals surface area contributed by atoms with E-state index < -0.39 is 0 Å². The van der Waals surface area contributed by atoms with Crippen molar-refractivity contribution in [3.63, 3.8) is 0 Å². The molecule has 1 unspecified atom stereocenters. The molecule has 0 saturated heterocycles. The van der Waals surface area contributed by atoms with Crippen molar-refractivity contribution in [3.8, 4) is 0 Å². The molecular weight excluding hydrogens is 144 g/mol. The maximum Gasteiger partial charge on any atom is -0.0412 e. The van der Waals surface area contributed by atoms with Gasteiger partial charge in [0, 0.05) is 0 Å². The molecule has 1 saturated carbocycles. The summed E-state index contributed by atoms with van der Waals surface area (Å²) in [5.74, 6) is 2.14. The topological polar surface area (TPSA) is 0 Å². The molecule has 0 radical (unpaired) electrons. The van der Waals surface area contributed by atoms with Crippen LogP contribution < -0.4 is 0 Å². The zero-order valence-corrected chi connectivity index (χ0v) is 8.81. The Kier molecular flexibility index (Phi) is 4.72. The van der Waals surface area contributed by atoms with Gasteiger partial charge in [0.1, 0.15) is 0 Å². The second kappa shape index (κ2) is 5.61. The molecule has 0 aromatic carbocycles. The van der Waals surface area contributed by atoms with Gasteiger partial charge in [-0.3, -0.25) is 0 Å². The van der Waals surface area contributed by atoms with Gasteiger partial charge in [-0.25, -0.2) is 0 Å². The molecule has 12 heavy (non-hydrogen) atoms. The van der Waals surface area contributed by atoms with Crippen LogP contribution in [0.4, 0.5) is 0 Å².